The molecule has 0 spiro atoms. The second kappa shape index (κ2) is 27.5. The van der Waals surface area contributed by atoms with Crippen molar-refractivity contribution in [3.05, 3.63) is 112 Å². The number of thioether (sulfide) groups is 1. The van der Waals surface area contributed by atoms with Gasteiger partial charge in [-0.15, -0.1) is 18.3 Å². The van der Waals surface area contributed by atoms with E-state index in [-0.39, 0.29) is 56.3 Å². The number of aliphatic hydroxyl groups is 2. The van der Waals surface area contributed by atoms with Crippen LogP contribution in [0.25, 0.3) is 0 Å². The molecule has 0 aromatic heterocycles. The molecule has 0 saturated heterocycles. The number of hydrogen-bond donors (Lipinski definition) is 2. The van der Waals surface area contributed by atoms with Crippen molar-refractivity contribution in [3.63, 3.8) is 0 Å². The summed E-state index contributed by atoms with van der Waals surface area (Å²) < 4.78 is 26.9. The first kappa shape index (κ1) is 53.5. The van der Waals surface area contributed by atoms with Crippen molar-refractivity contribution < 1.29 is 43.7 Å². The molecular formula is C55H75N3O10S. The lowest BCUT2D eigenvalue weighted by atomic mass is 9.55. The van der Waals surface area contributed by atoms with Crippen LogP contribution in [-0.2, 0) is 20.9 Å². The van der Waals surface area contributed by atoms with Gasteiger partial charge in [0, 0.05) is 55.2 Å². The van der Waals surface area contributed by atoms with Gasteiger partial charge < -0.3 is 38.9 Å². The molecule has 6 unspecified atom stereocenters. The number of nitro benzene ring substituents is 1. The molecule has 2 N–H and O–H groups in total. The van der Waals surface area contributed by atoms with Gasteiger partial charge in [-0.25, -0.2) is 4.79 Å². The summed E-state index contributed by atoms with van der Waals surface area (Å²) in [7, 11) is 1.74. The number of fused-ring (bicyclic) bond motifs is 2. The van der Waals surface area contributed by atoms with E-state index < -0.39 is 28.8 Å². The van der Waals surface area contributed by atoms with Gasteiger partial charge in [-0.1, -0.05) is 94.9 Å². The van der Waals surface area contributed by atoms with E-state index in [1.54, 1.807) is 41.9 Å². The molecule has 0 radical (unpaired) electrons. The Morgan fingerprint density at radius 3 is 2.23 bits per heavy atom. The van der Waals surface area contributed by atoms with Crippen LogP contribution < -0.4 is 9.47 Å². The van der Waals surface area contributed by atoms with Crippen molar-refractivity contribution in [2.45, 2.75) is 145 Å². The summed E-state index contributed by atoms with van der Waals surface area (Å²) in [5, 5.41) is 36.2. The predicted molar refractivity (Wildman–Crippen MR) is 272 cm³/mol. The lowest BCUT2D eigenvalue weighted by Gasteiger charge is -2.59. The zero-order valence-corrected chi connectivity index (χ0v) is 41.9. The average Bonchev–Trinajstić information content (AvgIpc) is 3.36. The van der Waals surface area contributed by atoms with Crippen LogP contribution in [0.1, 0.15) is 133 Å². The summed E-state index contributed by atoms with van der Waals surface area (Å²) in [6.45, 7) is 6.92. The molecule has 1 aliphatic heterocycles. The lowest BCUT2D eigenvalue weighted by Crippen LogP contribution is -2.69. The Balaban J connectivity index is 1.40. The Morgan fingerprint density at radius 1 is 0.913 bits per heavy atom. The molecule has 1 amide bonds. The Kier molecular flexibility index (Phi) is 21.3. The summed E-state index contributed by atoms with van der Waals surface area (Å²) in [6, 6.07) is 19.4. The van der Waals surface area contributed by atoms with Gasteiger partial charge >= 0.3 is 6.09 Å². The molecule has 376 valence electrons. The van der Waals surface area contributed by atoms with Gasteiger partial charge in [0.25, 0.3) is 5.69 Å². The van der Waals surface area contributed by atoms with Crippen molar-refractivity contribution in [2.75, 3.05) is 39.7 Å². The highest BCUT2D eigenvalue weighted by Gasteiger charge is 2.65. The molecule has 3 aliphatic rings. The van der Waals surface area contributed by atoms with Crippen molar-refractivity contribution in [2.24, 2.45) is 22.9 Å². The van der Waals surface area contributed by atoms with Crippen LogP contribution in [0.3, 0.4) is 0 Å². The van der Waals surface area contributed by atoms with Crippen LogP contribution in [0, 0.1) is 27.9 Å². The number of carbonyl (C=O) groups excluding carboxylic acids is 1. The predicted octanol–water partition coefficient (Wildman–Crippen LogP) is 12.9. The molecule has 69 heavy (non-hydrogen) atoms. The van der Waals surface area contributed by atoms with Crippen molar-refractivity contribution in [3.8, 4) is 17.2 Å². The van der Waals surface area contributed by atoms with Gasteiger partial charge in [0.05, 0.1) is 29.8 Å². The molecule has 3 aromatic carbocycles. The number of nitro groups is 1. The number of ether oxygens (including phenoxy) is 4. The quantitative estimate of drug-likeness (QED) is 0.0215. The number of amides is 1. The maximum atomic E-state index is 14.3. The smallest absolute Gasteiger partial charge is 0.409 e. The molecule has 2 aliphatic carbocycles. The number of aliphatic hydroxyl groups excluding tert-OH is 2. The second-order valence-electron chi connectivity index (χ2n) is 18.7. The fourth-order valence-electron chi connectivity index (χ4n) is 10.4. The first-order valence-electron chi connectivity index (χ1n) is 25.3. The SMILES string of the molecule is C=CCOC12Oc3ccc(Oc4ccc(SC)cc4)cc3C3C(CCCCO)C(CCCCO)C=C(C(=NOCc4ccc([N+](=O)[O-])cc4)CC1N(C)C(=O)OCCCCCCCCCCCC)C32. The summed E-state index contributed by atoms with van der Waals surface area (Å²) in [6.07, 6.45) is 21.9. The highest BCUT2D eigenvalue weighted by atomic mass is 32.2. The molecule has 13 nitrogen and oxygen atoms in total. The Morgan fingerprint density at radius 2 is 1.58 bits per heavy atom. The highest BCUT2D eigenvalue weighted by molar-refractivity contribution is 7.98. The lowest BCUT2D eigenvalue weighted by molar-refractivity contribution is -0.384. The van der Waals surface area contributed by atoms with E-state index >= 15 is 0 Å². The molecule has 1 fully saturated rings. The third-order valence-electron chi connectivity index (χ3n) is 14.0. The zero-order valence-electron chi connectivity index (χ0n) is 41.1. The van der Waals surface area contributed by atoms with E-state index in [9.17, 15) is 25.1 Å². The van der Waals surface area contributed by atoms with Crippen molar-refractivity contribution in [1.29, 1.82) is 0 Å². The fourth-order valence-corrected chi connectivity index (χ4v) is 10.9. The van der Waals surface area contributed by atoms with E-state index in [4.69, 9.17) is 28.9 Å². The molecular weight excluding hydrogens is 895 g/mol. The summed E-state index contributed by atoms with van der Waals surface area (Å²) in [5.41, 5.74) is 3.17. The van der Waals surface area contributed by atoms with Gasteiger partial charge in [-0.3, -0.25) is 10.1 Å². The van der Waals surface area contributed by atoms with E-state index in [0.29, 0.717) is 48.0 Å². The number of nitrogens with zero attached hydrogens (tertiary/aromatic N) is 3. The number of oxime groups is 1. The van der Waals surface area contributed by atoms with Gasteiger partial charge in [0.1, 0.15) is 29.9 Å². The molecule has 6 rings (SSSR count). The normalized spacial score (nSPS) is 21.9. The van der Waals surface area contributed by atoms with E-state index in [1.807, 2.05) is 42.7 Å². The van der Waals surface area contributed by atoms with E-state index in [1.165, 1.54) is 57.1 Å². The number of likely N-dealkylation sites (N-methyl/N-ethyl adjacent to an activating group) is 1. The van der Waals surface area contributed by atoms with Gasteiger partial charge in [0.15, 0.2) is 0 Å². The van der Waals surface area contributed by atoms with Crippen molar-refractivity contribution in [1.82, 2.24) is 4.90 Å². The van der Waals surface area contributed by atoms with E-state index in [0.717, 1.165) is 61.0 Å². The van der Waals surface area contributed by atoms with Gasteiger partial charge in [-0.05, 0) is 116 Å². The minimum absolute atomic E-state index is 0.0158. The number of non-ortho nitro benzene ring substituents is 1. The number of hydrogen-bond acceptors (Lipinski definition) is 12. The Bertz CT molecular complexity index is 2150. The first-order valence-corrected chi connectivity index (χ1v) is 26.6. The molecule has 1 saturated carbocycles. The molecule has 14 heteroatoms. The van der Waals surface area contributed by atoms with Gasteiger partial charge in [0.2, 0.25) is 5.79 Å². The third-order valence-corrected chi connectivity index (χ3v) is 14.7. The molecule has 0 bridgehead atoms. The highest BCUT2D eigenvalue weighted by Crippen LogP contribution is 2.62. The van der Waals surface area contributed by atoms with Crippen LogP contribution in [-0.4, -0.2) is 83.4 Å². The summed E-state index contributed by atoms with van der Waals surface area (Å²) in [5.74, 6) is -0.126. The number of benzene rings is 3. The average molecular weight is 970 g/mol. The number of rotatable bonds is 30. The minimum atomic E-state index is -1.43. The maximum absolute atomic E-state index is 14.3. The topological polar surface area (TPSA) is 162 Å². The van der Waals surface area contributed by atoms with Crippen LogP contribution >= 0.6 is 11.8 Å². The van der Waals surface area contributed by atoms with Crippen molar-refractivity contribution >= 4 is 29.3 Å². The minimum Gasteiger partial charge on any atom is -0.459 e. The molecule has 1 heterocycles. The maximum Gasteiger partial charge on any atom is 0.409 e. The standard InChI is InChI=1S/C55H75N3O10S/c1-5-7-8-9-10-11-12-13-14-19-35-64-54(61)57(3)51-38-49(56-66-39-40-22-24-42(25-23-40)58(62)63)47-36-41(20-15-17-32-59)46(21-16-18-33-60)52-48-37-44(67-43-26-29-45(69-4)30-27-43)28-31-50(48)68-55(51,53(47)52)65-34-6-2/h6,22-31,36-37,41,46,51-53,59-60H,2,5,7-21,32-35,38-39H2,1,3-4H3. The Labute approximate surface area is 413 Å². The first-order chi connectivity index (χ1) is 33.7. The summed E-state index contributed by atoms with van der Waals surface area (Å²) in [4.78, 5) is 34.2. The second-order valence-corrected chi connectivity index (χ2v) is 19.5. The van der Waals surface area contributed by atoms with Crippen LogP contribution in [0.5, 0.6) is 17.2 Å². The molecule has 6 atom stereocenters. The largest absolute Gasteiger partial charge is 0.459 e. The zero-order chi connectivity index (χ0) is 49.0. The van der Waals surface area contributed by atoms with E-state index in [2.05, 4.69) is 25.6 Å². The van der Waals surface area contributed by atoms with Crippen LogP contribution in [0.4, 0.5) is 10.5 Å². The number of unbranched alkanes of at least 4 members (excludes halogenated alkanes) is 11. The molecule has 3 aromatic rings. The fraction of sp³-hybridized carbons (Fsp3) is 0.564. The monoisotopic (exact) mass is 970 g/mol. The number of allylic oxidation sites excluding steroid dienone is 1. The third kappa shape index (κ3) is 14.1. The number of carbonyl (C=O) groups is 1. The summed E-state index contributed by atoms with van der Waals surface area (Å²) >= 11 is 1.66. The van der Waals surface area contributed by atoms with Gasteiger partial charge in [-0.2, -0.15) is 0 Å². The van der Waals surface area contributed by atoms with Crippen LogP contribution in [0.15, 0.2) is 101 Å². The Hall–Kier alpha value is -4.89. The van der Waals surface area contributed by atoms with Crippen LogP contribution in [0.2, 0.25) is 0 Å².